The number of nitrogens with zero attached hydrogens (tertiary/aromatic N) is 1. The maximum Gasteiger partial charge on any atom is 0.262 e. The van der Waals surface area contributed by atoms with Crippen molar-refractivity contribution < 1.29 is 9.53 Å². The summed E-state index contributed by atoms with van der Waals surface area (Å²) in [6.07, 6.45) is 0. The maximum atomic E-state index is 11.1. The van der Waals surface area contributed by atoms with Crippen LogP contribution < -0.4 is 10.1 Å². The molecule has 0 aromatic heterocycles. The Balaban J connectivity index is 2.41. The summed E-state index contributed by atoms with van der Waals surface area (Å²) in [7, 11) is 0. The number of nitriles is 1. The van der Waals surface area contributed by atoms with Crippen LogP contribution in [0.1, 0.15) is 5.56 Å². The van der Waals surface area contributed by atoms with E-state index in [0.29, 0.717) is 22.6 Å². The SMILES string of the molecule is C=C(C#N)c1ccc2c(c1)NC(=O)CO2. The number of carbonyl (C=O) groups is 1. The summed E-state index contributed by atoms with van der Waals surface area (Å²) < 4.78 is 5.18. The van der Waals surface area contributed by atoms with Gasteiger partial charge in [0.05, 0.1) is 17.3 Å². The minimum atomic E-state index is -0.192. The topological polar surface area (TPSA) is 62.1 Å². The van der Waals surface area contributed by atoms with Gasteiger partial charge in [0.15, 0.2) is 6.61 Å². The molecule has 0 bridgehead atoms. The van der Waals surface area contributed by atoms with E-state index in [9.17, 15) is 4.79 Å². The number of nitrogens with one attached hydrogen (secondary N) is 1. The van der Waals surface area contributed by atoms with Crippen LogP contribution in [0.2, 0.25) is 0 Å². The van der Waals surface area contributed by atoms with Crippen molar-refractivity contribution >= 4 is 17.2 Å². The van der Waals surface area contributed by atoms with E-state index in [1.54, 1.807) is 18.2 Å². The summed E-state index contributed by atoms with van der Waals surface area (Å²) in [5, 5.41) is 11.3. The van der Waals surface area contributed by atoms with Crippen LogP contribution in [0.5, 0.6) is 5.75 Å². The fraction of sp³-hybridized carbons (Fsp3) is 0.0909. The van der Waals surface area contributed by atoms with E-state index in [1.165, 1.54) is 0 Å². The third-order valence-corrected chi connectivity index (χ3v) is 2.10. The lowest BCUT2D eigenvalue weighted by atomic mass is 10.1. The van der Waals surface area contributed by atoms with Crippen molar-refractivity contribution in [3.05, 3.63) is 30.3 Å². The van der Waals surface area contributed by atoms with Gasteiger partial charge in [-0.1, -0.05) is 6.58 Å². The van der Waals surface area contributed by atoms with Crippen molar-refractivity contribution in [1.29, 1.82) is 5.26 Å². The first-order valence-corrected chi connectivity index (χ1v) is 4.37. The molecule has 1 N–H and O–H groups in total. The zero-order valence-corrected chi connectivity index (χ0v) is 7.91. The number of fused-ring (bicyclic) bond motifs is 1. The molecular formula is C11H8N2O2. The molecule has 1 aromatic rings. The second-order valence-corrected chi connectivity index (χ2v) is 3.14. The van der Waals surface area contributed by atoms with Gasteiger partial charge in [0, 0.05) is 0 Å². The lowest BCUT2D eigenvalue weighted by Gasteiger charge is -2.18. The fourth-order valence-electron chi connectivity index (χ4n) is 1.34. The Kier molecular flexibility index (Phi) is 2.14. The summed E-state index contributed by atoms with van der Waals surface area (Å²) >= 11 is 0. The van der Waals surface area contributed by atoms with Gasteiger partial charge in [0.1, 0.15) is 5.75 Å². The standard InChI is InChI=1S/C11H8N2O2/c1-7(5-12)8-2-3-10-9(4-8)13-11(14)6-15-10/h2-4H,1,6H2,(H,13,14). The van der Waals surface area contributed by atoms with Crippen LogP contribution in [0, 0.1) is 11.3 Å². The van der Waals surface area contributed by atoms with E-state index < -0.39 is 0 Å². The Hall–Kier alpha value is -2.28. The molecule has 1 aromatic carbocycles. The Morgan fingerprint density at radius 3 is 3.13 bits per heavy atom. The molecule has 1 aliphatic heterocycles. The van der Waals surface area contributed by atoms with Crippen LogP contribution in [0.15, 0.2) is 24.8 Å². The van der Waals surface area contributed by atoms with Gasteiger partial charge in [0.25, 0.3) is 5.91 Å². The average Bonchev–Trinajstić information content (AvgIpc) is 2.27. The molecule has 0 radical (unpaired) electrons. The average molecular weight is 200 g/mol. The molecule has 0 fully saturated rings. The van der Waals surface area contributed by atoms with Gasteiger partial charge in [-0.05, 0) is 23.8 Å². The van der Waals surface area contributed by atoms with Gasteiger partial charge >= 0.3 is 0 Å². The number of allylic oxidation sites excluding steroid dienone is 1. The summed E-state index contributed by atoms with van der Waals surface area (Å²) in [5.74, 6) is 0.423. The molecule has 1 heterocycles. The number of ether oxygens (including phenoxy) is 1. The van der Waals surface area contributed by atoms with Gasteiger partial charge in [-0.15, -0.1) is 0 Å². The van der Waals surface area contributed by atoms with Crippen molar-refractivity contribution in [2.24, 2.45) is 0 Å². The smallest absolute Gasteiger partial charge is 0.262 e. The molecule has 0 saturated heterocycles. The third-order valence-electron chi connectivity index (χ3n) is 2.10. The van der Waals surface area contributed by atoms with Crippen LogP contribution >= 0.6 is 0 Å². The third kappa shape index (κ3) is 1.67. The van der Waals surface area contributed by atoms with Crippen molar-refractivity contribution in [1.82, 2.24) is 0 Å². The Morgan fingerprint density at radius 1 is 1.60 bits per heavy atom. The van der Waals surface area contributed by atoms with Crippen LogP contribution in [-0.4, -0.2) is 12.5 Å². The van der Waals surface area contributed by atoms with Crippen LogP contribution in [0.25, 0.3) is 5.57 Å². The molecular weight excluding hydrogens is 192 g/mol. The molecule has 0 saturated carbocycles. The van der Waals surface area contributed by atoms with Gasteiger partial charge in [-0.25, -0.2) is 0 Å². The summed E-state index contributed by atoms with van der Waals surface area (Å²) in [5.41, 5.74) is 1.62. The van der Waals surface area contributed by atoms with Gasteiger partial charge in [-0.2, -0.15) is 5.26 Å². The monoisotopic (exact) mass is 200 g/mol. The molecule has 0 spiro atoms. The molecule has 1 amide bonds. The van der Waals surface area contributed by atoms with Gasteiger partial charge in [0.2, 0.25) is 0 Å². The molecule has 0 unspecified atom stereocenters. The van der Waals surface area contributed by atoms with E-state index in [-0.39, 0.29) is 12.5 Å². The molecule has 74 valence electrons. The second-order valence-electron chi connectivity index (χ2n) is 3.14. The highest BCUT2D eigenvalue weighted by molar-refractivity contribution is 5.96. The highest BCUT2D eigenvalue weighted by atomic mass is 16.5. The minimum Gasteiger partial charge on any atom is -0.482 e. The number of rotatable bonds is 1. The maximum absolute atomic E-state index is 11.1. The molecule has 2 rings (SSSR count). The van der Waals surface area contributed by atoms with Gasteiger partial charge < -0.3 is 10.1 Å². The largest absolute Gasteiger partial charge is 0.482 e. The predicted octanol–water partition coefficient (Wildman–Crippen LogP) is 1.55. The molecule has 0 atom stereocenters. The van der Waals surface area contributed by atoms with E-state index in [1.807, 2.05) is 6.07 Å². The molecule has 1 aliphatic rings. The number of amides is 1. The van der Waals surface area contributed by atoms with E-state index >= 15 is 0 Å². The first kappa shape index (κ1) is 9.28. The summed E-state index contributed by atoms with van der Waals surface area (Å²) in [6.45, 7) is 3.63. The van der Waals surface area contributed by atoms with Crippen LogP contribution in [0.4, 0.5) is 5.69 Å². The summed E-state index contributed by atoms with van der Waals surface area (Å²) in [4.78, 5) is 11.1. The quantitative estimate of drug-likeness (QED) is 0.699. The Morgan fingerprint density at radius 2 is 2.40 bits per heavy atom. The second kappa shape index (κ2) is 3.46. The zero-order valence-electron chi connectivity index (χ0n) is 7.91. The minimum absolute atomic E-state index is 0.0333. The van der Waals surface area contributed by atoms with Crippen molar-refractivity contribution in [2.45, 2.75) is 0 Å². The molecule has 4 nitrogen and oxygen atoms in total. The van der Waals surface area contributed by atoms with E-state index in [2.05, 4.69) is 11.9 Å². The van der Waals surface area contributed by atoms with E-state index in [4.69, 9.17) is 10.00 Å². The van der Waals surface area contributed by atoms with Crippen molar-refractivity contribution in [3.63, 3.8) is 0 Å². The van der Waals surface area contributed by atoms with Crippen LogP contribution in [0.3, 0.4) is 0 Å². The van der Waals surface area contributed by atoms with Gasteiger partial charge in [-0.3, -0.25) is 4.79 Å². The fourth-order valence-corrected chi connectivity index (χ4v) is 1.34. The number of hydrogen-bond donors (Lipinski definition) is 1. The number of carbonyl (C=O) groups excluding carboxylic acids is 1. The Bertz CT molecular complexity index is 486. The van der Waals surface area contributed by atoms with E-state index in [0.717, 1.165) is 0 Å². The number of anilines is 1. The van der Waals surface area contributed by atoms with Crippen LogP contribution in [-0.2, 0) is 4.79 Å². The normalized spacial score (nSPS) is 13.1. The predicted molar refractivity (Wildman–Crippen MR) is 55.2 cm³/mol. The molecule has 15 heavy (non-hydrogen) atoms. The highest BCUT2D eigenvalue weighted by Crippen LogP contribution is 2.30. The van der Waals surface area contributed by atoms with Crippen molar-refractivity contribution in [2.75, 3.05) is 11.9 Å². The molecule has 4 heteroatoms. The summed E-state index contributed by atoms with van der Waals surface area (Å²) in [6, 6.07) is 7.08. The van der Waals surface area contributed by atoms with Crippen molar-refractivity contribution in [3.8, 4) is 11.8 Å². The lowest BCUT2D eigenvalue weighted by molar-refractivity contribution is -0.118. The Labute approximate surface area is 86.8 Å². The highest BCUT2D eigenvalue weighted by Gasteiger charge is 2.16. The first-order valence-electron chi connectivity index (χ1n) is 4.37. The number of benzene rings is 1. The zero-order chi connectivity index (χ0) is 10.8. The molecule has 0 aliphatic carbocycles. The lowest BCUT2D eigenvalue weighted by Crippen LogP contribution is -2.25. The first-order chi connectivity index (χ1) is 7.20. The number of hydrogen-bond acceptors (Lipinski definition) is 3.